The van der Waals surface area contributed by atoms with Crippen LogP contribution in [0.25, 0.3) is 0 Å². The van der Waals surface area contributed by atoms with Gasteiger partial charge in [-0.25, -0.2) is 0 Å². The summed E-state index contributed by atoms with van der Waals surface area (Å²) >= 11 is 5.75. The van der Waals surface area contributed by atoms with Crippen molar-refractivity contribution < 1.29 is 9.53 Å². The second-order valence-corrected chi connectivity index (χ2v) is 2.60. The molecule has 0 bridgehead atoms. The number of alkyl halides is 1. The van der Waals surface area contributed by atoms with Crippen molar-refractivity contribution in [3.63, 3.8) is 0 Å². The highest BCUT2D eigenvalue weighted by Gasteiger charge is 2.17. The summed E-state index contributed by atoms with van der Waals surface area (Å²) in [6.45, 7) is 0. The smallest absolute Gasteiger partial charge is 0.328 e. The summed E-state index contributed by atoms with van der Waals surface area (Å²) in [7, 11) is 1.30. The molecule has 0 radical (unpaired) electrons. The largest absolute Gasteiger partial charge is 0.468 e. The topological polar surface area (TPSA) is 39.2 Å². The van der Waals surface area contributed by atoms with Crippen LogP contribution >= 0.6 is 11.6 Å². The van der Waals surface area contributed by atoms with Crippen molar-refractivity contribution in [2.45, 2.75) is 5.38 Å². The van der Waals surface area contributed by atoms with Gasteiger partial charge in [-0.1, -0.05) is 0 Å². The number of rotatable bonds is 2. The van der Waals surface area contributed by atoms with Crippen molar-refractivity contribution in [2.75, 3.05) is 7.11 Å². The second kappa shape index (κ2) is 4.07. The maximum absolute atomic E-state index is 10.9. The predicted octanol–water partition coefficient (Wildman–Crippen LogP) is 1.53. The molecule has 0 aliphatic heterocycles. The Morgan fingerprint density at radius 2 is 2.17 bits per heavy atom. The Morgan fingerprint density at radius 1 is 1.58 bits per heavy atom. The number of methoxy groups -OCH3 is 1. The third kappa shape index (κ3) is 1.95. The second-order valence-electron chi connectivity index (χ2n) is 2.17. The molecule has 1 rings (SSSR count). The molecular formula is C8H8ClNO2. The number of hydrogen-bond donors (Lipinski definition) is 0. The Balaban J connectivity index is 2.78. The molecule has 0 saturated heterocycles. The summed E-state index contributed by atoms with van der Waals surface area (Å²) < 4.78 is 4.48. The van der Waals surface area contributed by atoms with Crippen LogP contribution in [-0.2, 0) is 9.53 Å². The molecule has 0 fully saturated rings. The summed E-state index contributed by atoms with van der Waals surface area (Å²) in [5, 5.41) is -0.738. The molecular weight excluding hydrogens is 178 g/mol. The number of carbonyl (C=O) groups is 1. The first kappa shape index (κ1) is 9.00. The lowest BCUT2D eigenvalue weighted by atomic mass is 10.2. The molecule has 1 atom stereocenters. The summed E-state index contributed by atoms with van der Waals surface area (Å²) in [6, 6.07) is 3.35. The van der Waals surface area contributed by atoms with Gasteiger partial charge in [0.05, 0.1) is 7.11 Å². The first-order valence-electron chi connectivity index (χ1n) is 3.37. The summed E-state index contributed by atoms with van der Waals surface area (Å²) in [6.07, 6.45) is 3.15. The molecule has 0 N–H and O–H groups in total. The lowest BCUT2D eigenvalue weighted by molar-refractivity contribution is -0.140. The fraction of sp³-hybridized carbons (Fsp3) is 0.250. The fourth-order valence-corrected chi connectivity index (χ4v) is 1.01. The van der Waals surface area contributed by atoms with Crippen molar-refractivity contribution >= 4 is 17.6 Å². The lowest BCUT2D eigenvalue weighted by Crippen LogP contribution is -2.08. The zero-order chi connectivity index (χ0) is 8.97. The third-order valence-electron chi connectivity index (χ3n) is 1.41. The van der Waals surface area contributed by atoms with Gasteiger partial charge in [0.2, 0.25) is 0 Å². The van der Waals surface area contributed by atoms with E-state index in [-0.39, 0.29) is 0 Å². The molecule has 0 saturated carbocycles. The first-order valence-corrected chi connectivity index (χ1v) is 3.81. The van der Waals surface area contributed by atoms with E-state index in [2.05, 4.69) is 9.72 Å². The van der Waals surface area contributed by atoms with E-state index in [1.807, 2.05) is 0 Å². The monoisotopic (exact) mass is 185 g/mol. The van der Waals surface area contributed by atoms with Gasteiger partial charge in [-0.2, -0.15) is 0 Å². The maximum Gasteiger partial charge on any atom is 0.328 e. The van der Waals surface area contributed by atoms with E-state index in [9.17, 15) is 4.79 Å². The SMILES string of the molecule is COC(=O)C(Cl)c1ccncc1. The van der Waals surface area contributed by atoms with Crippen molar-refractivity contribution in [2.24, 2.45) is 0 Å². The number of pyridine rings is 1. The number of hydrogen-bond acceptors (Lipinski definition) is 3. The average Bonchev–Trinajstić information content (AvgIpc) is 2.17. The van der Waals surface area contributed by atoms with Crippen LogP contribution in [0.3, 0.4) is 0 Å². The van der Waals surface area contributed by atoms with Crippen LogP contribution < -0.4 is 0 Å². The molecule has 0 aliphatic rings. The number of halogens is 1. The van der Waals surface area contributed by atoms with Crippen LogP contribution in [0.4, 0.5) is 0 Å². The van der Waals surface area contributed by atoms with E-state index in [0.717, 1.165) is 0 Å². The predicted molar refractivity (Wildman–Crippen MR) is 44.8 cm³/mol. The number of nitrogens with zero attached hydrogens (tertiary/aromatic N) is 1. The van der Waals surface area contributed by atoms with Crippen molar-refractivity contribution in [1.29, 1.82) is 0 Å². The lowest BCUT2D eigenvalue weighted by Gasteiger charge is -2.05. The van der Waals surface area contributed by atoms with Gasteiger partial charge in [0.25, 0.3) is 0 Å². The quantitative estimate of drug-likeness (QED) is 0.518. The number of carbonyl (C=O) groups excluding carboxylic acids is 1. The van der Waals surface area contributed by atoms with Crippen LogP contribution in [0.1, 0.15) is 10.9 Å². The van der Waals surface area contributed by atoms with E-state index in [1.165, 1.54) is 7.11 Å². The van der Waals surface area contributed by atoms with E-state index in [0.29, 0.717) is 5.56 Å². The molecule has 1 aromatic rings. The molecule has 12 heavy (non-hydrogen) atoms. The molecule has 0 aliphatic carbocycles. The summed E-state index contributed by atoms with van der Waals surface area (Å²) in [5.74, 6) is -0.456. The Bertz CT molecular complexity index is 263. The van der Waals surface area contributed by atoms with Gasteiger partial charge < -0.3 is 4.74 Å². The van der Waals surface area contributed by atoms with Gasteiger partial charge >= 0.3 is 5.97 Å². The van der Waals surface area contributed by atoms with Crippen LogP contribution in [0, 0.1) is 0 Å². The highest BCUT2D eigenvalue weighted by molar-refractivity contribution is 6.29. The summed E-state index contributed by atoms with van der Waals surface area (Å²) in [4.78, 5) is 14.7. The normalized spacial score (nSPS) is 12.2. The van der Waals surface area contributed by atoms with Crippen molar-refractivity contribution in [1.82, 2.24) is 4.98 Å². The summed E-state index contributed by atoms with van der Waals surface area (Å²) in [5.41, 5.74) is 0.693. The minimum Gasteiger partial charge on any atom is -0.468 e. The van der Waals surface area contributed by atoms with Crippen LogP contribution in [0.15, 0.2) is 24.5 Å². The van der Waals surface area contributed by atoms with E-state index < -0.39 is 11.3 Å². The first-order chi connectivity index (χ1) is 5.75. The molecule has 1 aromatic heterocycles. The molecule has 1 heterocycles. The van der Waals surface area contributed by atoms with Crippen molar-refractivity contribution in [3.05, 3.63) is 30.1 Å². The van der Waals surface area contributed by atoms with Gasteiger partial charge in [0.1, 0.15) is 0 Å². The molecule has 0 aromatic carbocycles. The Hall–Kier alpha value is -1.09. The average molecular weight is 186 g/mol. The number of esters is 1. The Morgan fingerprint density at radius 3 is 2.67 bits per heavy atom. The van der Waals surface area contributed by atoms with E-state index >= 15 is 0 Å². The molecule has 3 nitrogen and oxygen atoms in total. The van der Waals surface area contributed by atoms with Crippen LogP contribution in [0.2, 0.25) is 0 Å². The van der Waals surface area contributed by atoms with Gasteiger partial charge in [-0.05, 0) is 17.7 Å². The van der Waals surface area contributed by atoms with E-state index in [1.54, 1.807) is 24.5 Å². The number of aromatic nitrogens is 1. The third-order valence-corrected chi connectivity index (χ3v) is 1.84. The van der Waals surface area contributed by atoms with Crippen LogP contribution in [-0.4, -0.2) is 18.1 Å². The molecule has 64 valence electrons. The maximum atomic E-state index is 10.9. The highest BCUT2D eigenvalue weighted by Crippen LogP contribution is 2.20. The minimum atomic E-state index is -0.738. The van der Waals surface area contributed by atoms with Gasteiger partial charge in [0.15, 0.2) is 5.38 Å². The fourth-order valence-electron chi connectivity index (χ4n) is 0.772. The Labute approximate surface area is 75.3 Å². The number of ether oxygens (including phenoxy) is 1. The van der Waals surface area contributed by atoms with Gasteiger partial charge in [0, 0.05) is 12.4 Å². The molecule has 1 unspecified atom stereocenters. The van der Waals surface area contributed by atoms with Crippen LogP contribution in [0.5, 0.6) is 0 Å². The zero-order valence-corrected chi connectivity index (χ0v) is 7.28. The van der Waals surface area contributed by atoms with E-state index in [4.69, 9.17) is 11.6 Å². The standard InChI is InChI=1S/C8H8ClNO2/c1-12-8(11)7(9)6-2-4-10-5-3-6/h2-5,7H,1H3. The molecule has 0 spiro atoms. The van der Waals surface area contributed by atoms with Crippen molar-refractivity contribution in [3.8, 4) is 0 Å². The molecule has 0 amide bonds. The Kier molecular flexibility index (Phi) is 3.05. The highest BCUT2D eigenvalue weighted by atomic mass is 35.5. The molecule has 4 heteroatoms. The van der Waals surface area contributed by atoms with Gasteiger partial charge in [-0.15, -0.1) is 11.6 Å². The van der Waals surface area contributed by atoms with Gasteiger partial charge in [-0.3, -0.25) is 9.78 Å². The zero-order valence-electron chi connectivity index (χ0n) is 6.53. The minimum absolute atomic E-state index is 0.456.